The van der Waals surface area contributed by atoms with E-state index in [2.05, 4.69) is 15.5 Å². The van der Waals surface area contributed by atoms with Gasteiger partial charge in [0, 0.05) is 41.5 Å². The number of ketones is 1. The average molecular weight is 460 g/mol. The van der Waals surface area contributed by atoms with Crippen LogP contribution in [0.2, 0.25) is 0 Å². The number of rotatable bonds is 8. The van der Waals surface area contributed by atoms with Gasteiger partial charge >= 0.3 is 0 Å². The monoisotopic (exact) mass is 459 g/mol. The summed E-state index contributed by atoms with van der Waals surface area (Å²) < 4.78 is 0. The fraction of sp³-hybridized carbons (Fsp3) is 0.259. The number of aliphatic hydroxyl groups excluding tert-OH is 1. The highest BCUT2D eigenvalue weighted by molar-refractivity contribution is 6.09. The fourth-order valence-electron chi connectivity index (χ4n) is 4.19. The maximum Gasteiger partial charge on any atom is 0.238 e. The third-order valence-corrected chi connectivity index (χ3v) is 6.07. The lowest BCUT2D eigenvalue weighted by molar-refractivity contribution is -0.117. The number of piperidine rings is 1. The van der Waals surface area contributed by atoms with Crippen LogP contribution in [0.1, 0.15) is 34.3 Å². The molecule has 0 bridgehead atoms. The molecule has 1 amide bonds. The molecule has 7 heteroatoms. The summed E-state index contributed by atoms with van der Waals surface area (Å²) in [5, 5.41) is 25.9. The number of nitrogens with one attached hydrogen (secondary N) is 2. The van der Waals surface area contributed by atoms with Crippen molar-refractivity contribution < 1.29 is 19.8 Å². The Labute approximate surface area is 199 Å². The zero-order valence-electron chi connectivity index (χ0n) is 18.9. The minimum atomic E-state index is -0.142. The summed E-state index contributed by atoms with van der Waals surface area (Å²) in [6.07, 6.45) is 1.64. The van der Waals surface area contributed by atoms with Crippen LogP contribution >= 0.6 is 0 Å². The van der Waals surface area contributed by atoms with Crippen molar-refractivity contribution in [3.8, 4) is 5.75 Å². The van der Waals surface area contributed by atoms with Crippen molar-refractivity contribution in [1.82, 2.24) is 4.90 Å². The molecule has 1 saturated heterocycles. The van der Waals surface area contributed by atoms with Crippen LogP contribution in [0, 0.1) is 0 Å². The van der Waals surface area contributed by atoms with Gasteiger partial charge in [-0.3, -0.25) is 14.5 Å². The molecule has 176 valence electrons. The van der Waals surface area contributed by atoms with E-state index in [0.29, 0.717) is 28.1 Å². The van der Waals surface area contributed by atoms with Gasteiger partial charge in [0.2, 0.25) is 5.91 Å². The third-order valence-electron chi connectivity index (χ3n) is 6.07. The van der Waals surface area contributed by atoms with E-state index >= 15 is 0 Å². The number of benzene rings is 3. The molecule has 0 unspecified atom stereocenters. The fourth-order valence-corrected chi connectivity index (χ4v) is 4.19. The van der Waals surface area contributed by atoms with Gasteiger partial charge in [-0.05, 0) is 43.2 Å². The lowest BCUT2D eigenvalue weighted by Crippen LogP contribution is -2.42. The van der Waals surface area contributed by atoms with Crippen molar-refractivity contribution in [3.63, 3.8) is 0 Å². The minimum Gasteiger partial charge on any atom is -0.506 e. The molecule has 34 heavy (non-hydrogen) atoms. The Hall–Kier alpha value is -3.68. The summed E-state index contributed by atoms with van der Waals surface area (Å²) in [7, 11) is 0. The van der Waals surface area contributed by atoms with Gasteiger partial charge in [0.25, 0.3) is 0 Å². The number of likely N-dealkylation sites (tertiary alicyclic amines) is 1. The molecule has 4 N–H and O–H groups in total. The topological polar surface area (TPSA) is 102 Å². The number of aromatic hydroxyl groups is 1. The highest BCUT2D eigenvalue weighted by Crippen LogP contribution is 2.29. The molecule has 1 heterocycles. The van der Waals surface area contributed by atoms with Crippen LogP contribution < -0.4 is 10.6 Å². The molecule has 3 aromatic rings. The summed E-state index contributed by atoms with van der Waals surface area (Å²) in [6, 6.07) is 21.3. The number of hydrogen-bond acceptors (Lipinski definition) is 6. The average Bonchev–Trinajstić information content (AvgIpc) is 2.87. The van der Waals surface area contributed by atoms with Gasteiger partial charge in [0.05, 0.1) is 18.8 Å². The Morgan fingerprint density at radius 3 is 2.24 bits per heavy atom. The number of anilines is 2. The maximum absolute atomic E-state index is 12.5. The maximum atomic E-state index is 12.5. The van der Waals surface area contributed by atoms with E-state index in [1.807, 2.05) is 18.2 Å². The second-order valence-electron chi connectivity index (χ2n) is 8.48. The number of aliphatic hydroxyl groups is 1. The Morgan fingerprint density at radius 2 is 1.56 bits per heavy atom. The number of nitrogens with zero attached hydrogens (tertiary/aromatic N) is 1. The Morgan fingerprint density at radius 1 is 0.882 bits per heavy atom. The molecule has 7 nitrogen and oxygen atoms in total. The van der Waals surface area contributed by atoms with Crippen LogP contribution in [-0.2, 0) is 11.4 Å². The van der Waals surface area contributed by atoms with E-state index in [1.165, 1.54) is 0 Å². The molecule has 0 aromatic heterocycles. The molecule has 0 atom stereocenters. The molecular formula is C27H29N3O4. The quantitative estimate of drug-likeness (QED) is 0.303. The Bertz CT molecular complexity index is 1120. The van der Waals surface area contributed by atoms with Gasteiger partial charge in [0.15, 0.2) is 5.78 Å². The molecule has 0 aliphatic carbocycles. The highest BCUT2D eigenvalue weighted by Gasteiger charge is 2.22. The second-order valence-corrected chi connectivity index (χ2v) is 8.48. The van der Waals surface area contributed by atoms with Crippen molar-refractivity contribution in [2.24, 2.45) is 0 Å². The largest absolute Gasteiger partial charge is 0.506 e. The van der Waals surface area contributed by atoms with Crippen LogP contribution in [0.5, 0.6) is 5.75 Å². The molecule has 1 aliphatic rings. The van der Waals surface area contributed by atoms with Gasteiger partial charge in [0.1, 0.15) is 5.75 Å². The molecule has 3 aromatic carbocycles. The van der Waals surface area contributed by atoms with Crippen molar-refractivity contribution in [2.75, 3.05) is 30.3 Å². The first-order chi connectivity index (χ1) is 16.5. The molecule has 1 aliphatic heterocycles. The zero-order chi connectivity index (χ0) is 23.9. The number of amides is 1. The first kappa shape index (κ1) is 23.5. The smallest absolute Gasteiger partial charge is 0.238 e. The summed E-state index contributed by atoms with van der Waals surface area (Å²) in [5.41, 5.74) is 3.11. The number of hydrogen-bond donors (Lipinski definition) is 4. The minimum absolute atomic E-state index is 0.0510. The van der Waals surface area contributed by atoms with Crippen LogP contribution in [0.15, 0.2) is 72.8 Å². The zero-order valence-corrected chi connectivity index (χ0v) is 18.9. The summed E-state index contributed by atoms with van der Waals surface area (Å²) in [4.78, 5) is 27.1. The standard InChI is InChI=1S/C27H29N3O4/c31-18-21-7-4-8-24(32)26(21)29-23-13-15-30(16-14-23)17-25(33)28-22-11-9-20(10-12-22)27(34)19-5-2-1-3-6-19/h1-12,23,29,31-32H,13-18H2,(H,28,33). The van der Waals surface area contributed by atoms with Crippen molar-refractivity contribution in [1.29, 1.82) is 0 Å². The van der Waals surface area contributed by atoms with Gasteiger partial charge < -0.3 is 20.8 Å². The van der Waals surface area contributed by atoms with Gasteiger partial charge in [-0.1, -0.05) is 42.5 Å². The lowest BCUT2D eigenvalue weighted by Gasteiger charge is -2.32. The SMILES string of the molecule is O=C(CN1CCC(Nc2c(O)cccc2CO)CC1)Nc1ccc(C(=O)c2ccccc2)cc1. The summed E-state index contributed by atoms with van der Waals surface area (Å²) >= 11 is 0. The number of para-hydroxylation sites is 1. The van der Waals surface area contributed by atoms with Crippen molar-refractivity contribution >= 4 is 23.1 Å². The number of phenolic OH excluding ortho intramolecular Hbond substituents is 1. The van der Waals surface area contributed by atoms with E-state index in [1.54, 1.807) is 54.6 Å². The van der Waals surface area contributed by atoms with E-state index in [9.17, 15) is 19.8 Å². The Balaban J connectivity index is 1.25. The van der Waals surface area contributed by atoms with Crippen LogP contribution in [0.3, 0.4) is 0 Å². The van der Waals surface area contributed by atoms with Crippen molar-refractivity contribution in [3.05, 3.63) is 89.5 Å². The first-order valence-corrected chi connectivity index (χ1v) is 11.4. The molecule has 0 saturated carbocycles. The number of carbonyl (C=O) groups excluding carboxylic acids is 2. The lowest BCUT2D eigenvalue weighted by atomic mass is 10.0. The van der Waals surface area contributed by atoms with E-state index in [4.69, 9.17) is 0 Å². The Kier molecular flexibility index (Phi) is 7.57. The third kappa shape index (κ3) is 5.81. The van der Waals surface area contributed by atoms with Crippen LogP contribution in [0.4, 0.5) is 11.4 Å². The molecule has 0 radical (unpaired) electrons. The first-order valence-electron chi connectivity index (χ1n) is 11.4. The predicted octanol–water partition coefficient (Wildman–Crippen LogP) is 3.63. The molecule has 0 spiro atoms. The van der Waals surface area contributed by atoms with Gasteiger partial charge in [-0.25, -0.2) is 0 Å². The summed E-state index contributed by atoms with van der Waals surface area (Å²) in [6.45, 7) is 1.64. The van der Waals surface area contributed by atoms with Crippen molar-refractivity contribution in [2.45, 2.75) is 25.5 Å². The van der Waals surface area contributed by atoms with Gasteiger partial charge in [-0.15, -0.1) is 0 Å². The van der Waals surface area contributed by atoms with Crippen LogP contribution in [0.25, 0.3) is 0 Å². The molecular weight excluding hydrogens is 430 g/mol. The normalized spacial score (nSPS) is 14.5. The predicted molar refractivity (Wildman–Crippen MR) is 132 cm³/mol. The van der Waals surface area contributed by atoms with E-state index in [-0.39, 0.29) is 36.6 Å². The molecule has 4 rings (SSSR count). The number of phenols is 1. The van der Waals surface area contributed by atoms with E-state index in [0.717, 1.165) is 25.9 Å². The van der Waals surface area contributed by atoms with E-state index < -0.39 is 0 Å². The highest BCUT2D eigenvalue weighted by atomic mass is 16.3. The molecule has 1 fully saturated rings. The number of carbonyl (C=O) groups is 2. The second kappa shape index (κ2) is 11.0. The van der Waals surface area contributed by atoms with Gasteiger partial charge in [-0.2, -0.15) is 0 Å². The summed E-state index contributed by atoms with van der Waals surface area (Å²) in [5.74, 6) is -0.0217. The van der Waals surface area contributed by atoms with Crippen LogP contribution in [-0.4, -0.2) is 52.5 Å².